The normalized spacial score (nSPS) is 11.6. The van der Waals surface area contributed by atoms with Crippen LogP contribution in [0.5, 0.6) is 0 Å². The first kappa shape index (κ1) is 34.2. The van der Waals surface area contributed by atoms with E-state index in [1.54, 1.807) is 19.9 Å². The number of carbonyl (C=O) groups excluding carboxylic acids is 2. The van der Waals surface area contributed by atoms with Gasteiger partial charge in [-0.3, -0.25) is 14.2 Å². The topological polar surface area (TPSA) is 98.1 Å². The number of hydrogen-bond acceptors (Lipinski definition) is 7. The van der Waals surface area contributed by atoms with Crippen LogP contribution in [0, 0.1) is 6.92 Å². The van der Waals surface area contributed by atoms with Crippen molar-refractivity contribution in [2.24, 2.45) is 0 Å². The van der Waals surface area contributed by atoms with Crippen LogP contribution in [0.4, 0.5) is 5.69 Å². The Morgan fingerprint density at radius 2 is 1.58 bits per heavy atom. The number of aryl methyl sites for hydroxylation is 1. The molecule has 0 aliphatic rings. The number of nitrogens with zero attached hydrogens (tertiary/aromatic N) is 1. The van der Waals surface area contributed by atoms with Crippen LogP contribution < -0.4 is 10.2 Å². The molecular formula is C36H45N2O6P. The van der Waals surface area contributed by atoms with Crippen molar-refractivity contribution in [1.82, 2.24) is 5.32 Å². The molecule has 0 atom stereocenters. The van der Waals surface area contributed by atoms with Crippen LogP contribution in [-0.4, -0.2) is 50.7 Å². The van der Waals surface area contributed by atoms with E-state index in [1.807, 2.05) is 68.4 Å². The Labute approximate surface area is 266 Å². The lowest BCUT2D eigenvalue weighted by Crippen LogP contribution is -2.25. The number of fused-ring (bicyclic) bond motifs is 1. The molecule has 0 saturated heterocycles. The van der Waals surface area contributed by atoms with E-state index in [2.05, 4.69) is 24.1 Å². The predicted octanol–water partition coefficient (Wildman–Crippen LogP) is 8.90. The number of nitrogens with one attached hydrogen (secondary N) is 1. The number of amides is 1. The summed E-state index contributed by atoms with van der Waals surface area (Å²) in [5, 5.41) is 3.70. The van der Waals surface area contributed by atoms with Gasteiger partial charge in [0, 0.05) is 59.9 Å². The van der Waals surface area contributed by atoms with Gasteiger partial charge in [0.15, 0.2) is 5.78 Å². The maximum Gasteiger partial charge on any atom is 0.330 e. The quantitative estimate of drug-likeness (QED) is 0.0748. The second-order valence-corrected chi connectivity index (χ2v) is 13.0. The van der Waals surface area contributed by atoms with E-state index in [1.165, 1.54) is 0 Å². The Bertz CT molecular complexity index is 1660. The smallest absolute Gasteiger partial charge is 0.330 e. The minimum Gasteiger partial charge on any atom is -0.455 e. The first-order valence-corrected chi connectivity index (χ1v) is 17.6. The van der Waals surface area contributed by atoms with Gasteiger partial charge in [-0.1, -0.05) is 48.9 Å². The first-order chi connectivity index (χ1) is 21.7. The summed E-state index contributed by atoms with van der Waals surface area (Å²) in [6.45, 7) is 14.1. The van der Waals surface area contributed by atoms with E-state index in [9.17, 15) is 14.2 Å². The maximum absolute atomic E-state index is 13.4. The van der Waals surface area contributed by atoms with Gasteiger partial charge >= 0.3 is 7.60 Å². The van der Waals surface area contributed by atoms with Crippen molar-refractivity contribution in [3.05, 3.63) is 77.4 Å². The Balaban J connectivity index is 1.72. The fourth-order valence-electron chi connectivity index (χ4n) is 5.52. The highest BCUT2D eigenvalue weighted by Gasteiger charge is 2.25. The van der Waals surface area contributed by atoms with Crippen LogP contribution in [0.1, 0.15) is 73.7 Å². The Morgan fingerprint density at radius 1 is 0.889 bits per heavy atom. The molecule has 45 heavy (non-hydrogen) atoms. The zero-order valence-electron chi connectivity index (χ0n) is 27.3. The molecule has 0 saturated carbocycles. The van der Waals surface area contributed by atoms with Crippen molar-refractivity contribution in [3.63, 3.8) is 0 Å². The molecule has 4 aromatic rings. The molecule has 0 aliphatic heterocycles. The standard InChI is InChI=1S/C36H45N2O6P/c1-7-32(39)34-30-23-29(31(38(8-2)9-3)24-33(30)44-35(34)26-18-16-25(6)17-19-26)27-14-12-15-28(22-27)36(40)37-20-13-21-45(41,42-10-4)43-11-5/h12,14-19,22-24H,7-11,13,20-21H2,1-6H3,(H,37,40). The highest BCUT2D eigenvalue weighted by atomic mass is 31.2. The fraction of sp³-hybridized carbons (Fsp3) is 0.389. The summed E-state index contributed by atoms with van der Waals surface area (Å²) in [4.78, 5) is 28.8. The number of Topliss-reactive ketones (excluding diaryl/α,β-unsaturated/α-hetero) is 1. The highest BCUT2D eigenvalue weighted by Crippen LogP contribution is 2.48. The van der Waals surface area contributed by atoms with E-state index in [0.29, 0.717) is 55.1 Å². The second kappa shape index (κ2) is 15.5. The van der Waals surface area contributed by atoms with Gasteiger partial charge in [-0.25, -0.2) is 0 Å². The zero-order valence-corrected chi connectivity index (χ0v) is 28.2. The second-order valence-electron chi connectivity index (χ2n) is 10.8. The van der Waals surface area contributed by atoms with Crippen LogP contribution in [0.2, 0.25) is 0 Å². The first-order valence-electron chi connectivity index (χ1n) is 15.9. The molecule has 0 unspecified atom stereocenters. The third-order valence-corrected chi connectivity index (χ3v) is 9.97. The molecule has 0 bridgehead atoms. The van der Waals surface area contributed by atoms with Crippen molar-refractivity contribution < 1.29 is 27.6 Å². The Kier molecular flexibility index (Phi) is 11.8. The molecule has 0 aliphatic carbocycles. The van der Waals surface area contributed by atoms with Gasteiger partial charge in [-0.15, -0.1) is 0 Å². The van der Waals surface area contributed by atoms with E-state index in [4.69, 9.17) is 13.5 Å². The largest absolute Gasteiger partial charge is 0.455 e. The number of hydrogen-bond donors (Lipinski definition) is 1. The van der Waals surface area contributed by atoms with E-state index >= 15 is 0 Å². The predicted molar refractivity (Wildman–Crippen MR) is 183 cm³/mol. The SMILES string of the molecule is CCOP(=O)(CCCNC(=O)c1cccc(-c2cc3c(C(=O)CC)c(-c4ccc(C)cc4)oc3cc2N(CC)CC)c1)OCC. The summed E-state index contributed by atoms with van der Waals surface area (Å²) >= 11 is 0. The molecular weight excluding hydrogens is 587 g/mol. The molecule has 0 fully saturated rings. The van der Waals surface area contributed by atoms with E-state index in [-0.39, 0.29) is 17.9 Å². The number of anilines is 1. The van der Waals surface area contributed by atoms with Gasteiger partial charge in [-0.05, 0) is 64.8 Å². The number of carbonyl (C=O) groups is 2. The molecule has 1 heterocycles. The highest BCUT2D eigenvalue weighted by molar-refractivity contribution is 7.53. The molecule has 4 rings (SSSR count). The number of rotatable bonds is 16. The Hall–Kier alpha value is -3.71. The van der Waals surface area contributed by atoms with Crippen molar-refractivity contribution in [1.29, 1.82) is 0 Å². The van der Waals surface area contributed by atoms with Crippen molar-refractivity contribution >= 4 is 35.9 Å². The zero-order chi connectivity index (χ0) is 32.6. The molecule has 0 radical (unpaired) electrons. The van der Waals surface area contributed by atoms with Crippen LogP contribution >= 0.6 is 7.60 Å². The number of benzene rings is 3. The molecule has 8 nitrogen and oxygen atoms in total. The summed E-state index contributed by atoms with van der Waals surface area (Å²) in [5.41, 5.74) is 6.46. The fourth-order valence-corrected chi connectivity index (χ4v) is 7.18. The number of ketones is 1. The number of furan rings is 1. The maximum atomic E-state index is 13.4. The molecule has 240 valence electrons. The lowest BCUT2D eigenvalue weighted by atomic mass is 9.95. The Morgan fingerprint density at radius 3 is 2.20 bits per heavy atom. The molecule has 1 amide bonds. The van der Waals surface area contributed by atoms with Crippen LogP contribution in [0.15, 0.2) is 65.1 Å². The molecule has 9 heteroatoms. The van der Waals surface area contributed by atoms with Crippen LogP contribution in [0.3, 0.4) is 0 Å². The molecule has 0 spiro atoms. The van der Waals surface area contributed by atoms with Crippen LogP contribution in [0.25, 0.3) is 33.4 Å². The van der Waals surface area contributed by atoms with Crippen LogP contribution in [-0.2, 0) is 13.6 Å². The van der Waals surface area contributed by atoms with Crippen molar-refractivity contribution in [2.75, 3.05) is 43.9 Å². The molecule has 1 aromatic heterocycles. The van der Waals surface area contributed by atoms with Gasteiger partial charge in [0.05, 0.1) is 24.9 Å². The van der Waals surface area contributed by atoms with Gasteiger partial charge < -0.3 is 23.7 Å². The van der Waals surface area contributed by atoms with Gasteiger partial charge in [0.2, 0.25) is 0 Å². The van der Waals surface area contributed by atoms with Crippen molar-refractivity contribution in [3.8, 4) is 22.5 Å². The minimum absolute atomic E-state index is 0.0113. The van der Waals surface area contributed by atoms with Gasteiger partial charge in [0.25, 0.3) is 5.91 Å². The summed E-state index contributed by atoms with van der Waals surface area (Å²) in [6.07, 6.45) is 1.04. The van der Waals surface area contributed by atoms with E-state index in [0.717, 1.165) is 46.4 Å². The third kappa shape index (κ3) is 7.93. The average molecular weight is 633 g/mol. The summed E-state index contributed by atoms with van der Waals surface area (Å²) in [5.74, 6) is 0.361. The molecule has 3 aromatic carbocycles. The van der Waals surface area contributed by atoms with Gasteiger partial charge in [0.1, 0.15) is 11.3 Å². The van der Waals surface area contributed by atoms with Gasteiger partial charge in [-0.2, -0.15) is 0 Å². The molecule has 1 N–H and O–H groups in total. The summed E-state index contributed by atoms with van der Waals surface area (Å²) < 4.78 is 29.9. The monoisotopic (exact) mass is 632 g/mol. The minimum atomic E-state index is -3.16. The van der Waals surface area contributed by atoms with Crippen molar-refractivity contribution in [2.45, 2.75) is 54.4 Å². The third-order valence-electron chi connectivity index (χ3n) is 7.81. The summed E-state index contributed by atoms with van der Waals surface area (Å²) in [6, 6.07) is 19.5. The summed E-state index contributed by atoms with van der Waals surface area (Å²) in [7, 11) is -3.16. The average Bonchev–Trinajstić information content (AvgIpc) is 3.42. The lowest BCUT2D eigenvalue weighted by molar-refractivity contribution is 0.0951. The lowest BCUT2D eigenvalue weighted by Gasteiger charge is -2.24. The van der Waals surface area contributed by atoms with E-state index < -0.39 is 7.60 Å².